The van der Waals surface area contributed by atoms with E-state index in [-0.39, 0.29) is 24.9 Å². The molecule has 0 rings (SSSR count). The first kappa shape index (κ1) is 56.0. The molecule has 0 spiro atoms. The molecule has 0 aromatic rings. The Labute approximate surface area is 363 Å². The molecule has 59 heavy (non-hydrogen) atoms. The van der Waals surface area contributed by atoms with Crippen molar-refractivity contribution < 1.29 is 24.5 Å². The van der Waals surface area contributed by atoms with Gasteiger partial charge in [-0.25, -0.2) is 0 Å². The number of unbranched alkanes of at least 4 members (excludes halogenated alkanes) is 21. The van der Waals surface area contributed by atoms with Crippen LogP contribution in [-0.4, -0.2) is 46.9 Å². The van der Waals surface area contributed by atoms with Crippen molar-refractivity contribution >= 4 is 11.9 Å². The lowest BCUT2D eigenvalue weighted by molar-refractivity contribution is -0.151. The van der Waals surface area contributed by atoms with E-state index >= 15 is 0 Å². The number of allylic oxidation sites excluding steroid dienone is 14. The maximum absolute atomic E-state index is 13.2. The van der Waals surface area contributed by atoms with Gasteiger partial charge in [0.1, 0.15) is 6.10 Å². The summed E-state index contributed by atoms with van der Waals surface area (Å²) in [5.74, 6) is -0.574. The maximum atomic E-state index is 13.2. The Bertz CT molecular complexity index is 1150. The number of ether oxygens (including phenoxy) is 1. The Balaban J connectivity index is 4.79. The molecule has 0 fully saturated rings. The molecule has 1 amide bonds. The van der Waals surface area contributed by atoms with E-state index in [1.165, 1.54) is 96.3 Å². The number of aliphatic hydroxyl groups is 2. The Morgan fingerprint density at radius 1 is 0.508 bits per heavy atom. The molecule has 0 radical (unpaired) electrons. The lowest BCUT2D eigenvalue weighted by atomic mass is 10.0. The summed E-state index contributed by atoms with van der Waals surface area (Å²) in [6.45, 7) is 6.29. The molecule has 0 aliphatic carbocycles. The molecular formula is C53H91NO5. The summed E-state index contributed by atoms with van der Waals surface area (Å²) in [5, 5.41) is 23.7. The smallest absolute Gasteiger partial charge is 0.306 e. The zero-order chi connectivity index (χ0) is 43.1. The molecule has 3 N–H and O–H groups in total. The van der Waals surface area contributed by atoms with Crippen LogP contribution in [0.25, 0.3) is 0 Å². The molecule has 6 nitrogen and oxygen atoms in total. The highest BCUT2D eigenvalue weighted by molar-refractivity contribution is 5.77. The molecule has 0 aliphatic rings. The van der Waals surface area contributed by atoms with E-state index in [0.29, 0.717) is 19.3 Å². The molecule has 3 atom stereocenters. The van der Waals surface area contributed by atoms with Crippen molar-refractivity contribution in [3.05, 3.63) is 85.1 Å². The van der Waals surface area contributed by atoms with Crippen molar-refractivity contribution in [2.45, 2.75) is 232 Å². The van der Waals surface area contributed by atoms with Crippen LogP contribution >= 0.6 is 0 Å². The van der Waals surface area contributed by atoms with Crippen molar-refractivity contribution in [1.29, 1.82) is 0 Å². The number of amides is 1. The summed E-state index contributed by atoms with van der Waals surface area (Å²) >= 11 is 0. The third-order valence-corrected chi connectivity index (χ3v) is 10.6. The van der Waals surface area contributed by atoms with E-state index in [2.05, 4.69) is 50.4 Å². The van der Waals surface area contributed by atoms with Crippen LogP contribution in [0, 0.1) is 0 Å². The van der Waals surface area contributed by atoms with E-state index in [0.717, 1.165) is 70.6 Å². The number of rotatable bonds is 42. The second-order valence-electron chi connectivity index (χ2n) is 16.3. The van der Waals surface area contributed by atoms with Crippen molar-refractivity contribution in [3.8, 4) is 0 Å². The van der Waals surface area contributed by atoms with Crippen LogP contribution in [0.2, 0.25) is 0 Å². The molecule has 0 aliphatic heterocycles. The number of carbonyl (C=O) groups excluding carboxylic acids is 2. The Morgan fingerprint density at radius 2 is 0.949 bits per heavy atom. The van der Waals surface area contributed by atoms with Gasteiger partial charge in [-0.1, -0.05) is 221 Å². The fraction of sp³-hybridized carbons (Fsp3) is 0.698. The predicted octanol–water partition coefficient (Wildman–Crippen LogP) is 14.4. The highest BCUT2D eigenvalue weighted by Crippen LogP contribution is 2.16. The highest BCUT2D eigenvalue weighted by Gasteiger charge is 2.24. The monoisotopic (exact) mass is 822 g/mol. The fourth-order valence-corrected chi connectivity index (χ4v) is 6.93. The second-order valence-corrected chi connectivity index (χ2v) is 16.3. The molecule has 3 unspecified atom stereocenters. The van der Waals surface area contributed by atoms with E-state index in [9.17, 15) is 19.8 Å². The molecule has 0 aromatic heterocycles. The standard InChI is InChI=1S/C53H91NO5/c1-4-7-10-13-16-19-22-24-26-27-30-32-35-38-41-44-49(59-53(58)46-43-40-37-34-31-28-25-23-20-17-14-11-8-5-2)47-52(57)54-50(48-55)51(56)45-42-39-36-33-29-21-18-15-12-9-6-3/h7,10,13,16,19,22,24,26-28,30-32,35,49-51,55-56H,4-6,8-9,11-12,14-15,17-18,20-21,23,25,29,33-34,36-48H2,1-3H3,(H,54,57)/b10-7-,16-13+,22-19+,26-24-,30-27+,31-28-,35-32+. The van der Waals surface area contributed by atoms with Crippen LogP contribution < -0.4 is 5.32 Å². The van der Waals surface area contributed by atoms with Crippen molar-refractivity contribution in [3.63, 3.8) is 0 Å². The quantitative estimate of drug-likeness (QED) is 0.0247. The first-order valence-corrected chi connectivity index (χ1v) is 24.4. The average molecular weight is 822 g/mol. The van der Waals surface area contributed by atoms with Gasteiger partial charge in [-0.15, -0.1) is 0 Å². The first-order chi connectivity index (χ1) is 29.0. The summed E-state index contributed by atoms with van der Waals surface area (Å²) in [6.07, 6.45) is 59.3. The molecule has 338 valence electrons. The molecular weight excluding hydrogens is 731 g/mol. The number of nitrogens with one attached hydrogen (secondary N) is 1. The second kappa shape index (κ2) is 46.1. The fourth-order valence-electron chi connectivity index (χ4n) is 6.93. The summed E-state index contributed by atoms with van der Waals surface area (Å²) in [6, 6.07) is -0.731. The van der Waals surface area contributed by atoms with E-state index in [1.54, 1.807) is 0 Å². The van der Waals surface area contributed by atoms with Gasteiger partial charge in [-0.05, 0) is 64.2 Å². The number of aliphatic hydroxyl groups excluding tert-OH is 2. The van der Waals surface area contributed by atoms with Gasteiger partial charge in [-0.2, -0.15) is 0 Å². The third-order valence-electron chi connectivity index (χ3n) is 10.6. The average Bonchev–Trinajstić information content (AvgIpc) is 3.23. The van der Waals surface area contributed by atoms with Gasteiger partial charge >= 0.3 is 5.97 Å². The molecule has 0 bridgehead atoms. The summed E-state index contributed by atoms with van der Waals surface area (Å²) < 4.78 is 5.87. The van der Waals surface area contributed by atoms with Crippen LogP contribution in [0.3, 0.4) is 0 Å². The Kier molecular flexibility index (Phi) is 43.8. The minimum absolute atomic E-state index is 0.0168. The van der Waals surface area contributed by atoms with Crippen LogP contribution in [0.5, 0.6) is 0 Å². The van der Waals surface area contributed by atoms with Crippen LogP contribution in [0.1, 0.15) is 213 Å². The minimum atomic E-state index is -0.812. The summed E-state index contributed by atoms with van der Waals surface area (Å²) in [7, 11) is 0. The zero-order valence-corrected chi connectivity index (χ0v) is 38.4. The van der Waals surface area contributed by atoms with Crippen molar-refractivity contribution in [2.75, 3.05) is 6.61 Å². The first-order valence-electron chi connectivity index (χ1n) is 24.4. The molecule has 6 heteroatoms. The van der Waals surface area contributed by atoms with Gasteiger partial charge in [0.05, 0.1) is 25.2 Å². The Morgan fingerprint density at radius 3 is 1.46 bits per heavy atom. The van der Waals surface area contributed by atoms with E-state index in [4.69, 9.17) is 4.74 Å². The van der Waals surface area contributed by atoms with Gasteiger partial charge in [0, 0.05) is 6.42 Å². The Hall–Kier alpha value is -2.96. The molecule has 0 aromatic carbocycles. The van der Waals surface area contributed by atoms with E-state index in [1.807, 2.05) is 60.8 Å². The number of hydrogen-bond donors (Lipinski definition) is 3. The lowest BCUT2D eigenvalue weighted by Gasteiger charge is -2.24. The zero-order valence-electron chi connectivity index (χ0n) is 38.4. The van der Waals surface area contributed by atoms with Crippen molar-refractivity contribution in [1.82, 2.24) is 5.32 Å². The summed E-state index contributed by atoms with van der Waals surface area (Å²) in [4.78, 5) is 26.0. The minimum Gasteiger partial charge on any atom is -0.462 e. The predicted molar refractivity (Wildman–Crippen MR) is 254 cm³/mol. The van der Waals surface area contributed by atoms with E-state index < -0.39 is 18.2 Å². The van der Waals surface area contributed by atoms with Gasteiger partial charge in [0.2, 0.25) is 5.91 Å². The summed E-state index contributed by atoms with van der Waals surface area (Å²) in [5.41, 5.74) is 0. The topological polar surface area (TPSA) is 95.9 Å². The highest BCUT2D eigenvalue weighted by atomic mass is 16.5. The number of hydrogen-bond acceptors (Lipinski definition) is 5. The van der Waals surface area contributed by atoms with Crippen LogP contribution in [0.15, 0.2) is 85.1 Å². The van der Waals surface area contributed by atoms with Crippen LogP contribution in [-0.2, 0) is 14.3 Å². The van der Waals surface area contributed by atoms with Crippen molar-refractivity contribution in [2.24, 2.45) is 0 Å². The number of esters is 1. The maximum Gasteiger partial charge on any atom is 0.306 e. The van der Waals surface area contributed by atoms with Crippen LogP contribution in [0.4, 0.5) is 0 Å². The van der Waals surface area contributed by atoms with Gasteiger partial charge < -0.3 is 20.3 Å². The molecule has 0 saturated carbocycles. The van der Waals surface area contributed by atoms with Gasteiger partial charge in [0.15, 0.2) is 0 Å². The third kappa shape index (κ3) is 41.6. The van der Waals surface area contributed by atoms with Gasteiger partial charge in [0.25, 0.3) is 0 Å². The normalized spacial score (nSPS) is 14.1. The largest absolute Gasteiger partial charge is 0.462 e. The number of carbonyl (C=O) groups is 2. The lowest BCUT2D eigenvalue weighted by Crippen LogP contribution is -2.46. The SMILES string of the molecule is CC\C=C/C=C/C=C/C=C\C=C\C=C\CCCC(CC(=O)NC(CO)C(O)CCCCCCCCCCCCC)OC(=O)CCCCC/C=C\CCCCCCCCC. The molecule has 0 saturated heterocycles. The molecule has 0 heterocycles. The van der Waals surface area contributed by atoms with Gasteiger partial charge in [-0.3, -0.25) is 9.59 Å².